The van der Waals surface area contributed by atoms with Crippen molar-refractivity contribution in [3.63, 3.8) is 0 Å². The van der Waals surface area contributed by atoms with Crippen LogP contribution in [0.1, 0.15) is 28.8 Å². The largest absolute Gasteiger partial charge is 0.350 e. The molecule has 1 atom stereocenters. The number of halogens is 2. The summed E-state index contributed by atoms with van der Waals surface area (Å²) in [5.41, 5.74) is 2.80. The van der Waals surface area contributed by atoms with Gasteiger partial charge in [0.1, 0.15) is 0 Å². The summed E-state index contributed by atoms with van der Waals surface area (Å²) < 4.78 is 0. The predicted octanol–water partition coefficient (Wildman–Crippen LogP) is 4.31. The van der Waals surface area contributed by atoms with Crippen molar-refractivity contribution >= 4 is 40.0 Å². The van der Waals surface area contributed by atoms with Crippen LogP contribution in [0.5, 0.6) is 0 Å². The molecule has 1 unspecified atom stereocenters. The van der Waals surface area contributed by atoms with Crippen LogP contribution in [0.15, 0.2) is 42.6 Å². The van der Waals surface area contributed by atoms with Gasteiger partial charge in [-0.25, -0.2) is 0 Å². The predicted molar refractivity (Wildman–Crippen MR) is 113 cm³/mol. The van der Waals surface area contributed by atoms with Gasteiger partial charge in [0.05, 0.1) is 21.8 Å². The summed E-state index contributed by atoms with van der Waals surface area (Å²) in [5.74, 6) is -0.131. The summed E-state index contributed by atoms with van der Waals surface area (Å²) in [7, 11) is 0. The lowest BCUT2D eigenvalue weighted by Crippen LogP contribution is -2.44. The van der Waals surface area contributed by atoms with Crippen molar-refractivity contribution in [2.75, 3.05) is 19.6 Å². The number of aromatic nitrogens is 2. The number of amides is 1. The van der Waals surface area contributed by atoms with Gasteiger partial charge in [-0.2, -0.15) is 5.10 Å². The van der Waals surface area contributed by atoms with Crippen LogP contribution in [-0.2, 0) is 6.42 Å². The standard InChI is InChI=1S/C21H22Cl2N4O/c22-18-5-4-15(11-19(18)23)21(28)24-13-17(27-7-1-2-8-27)10-14-3-6-20-16(9-14)12-25-26-20/h3-6,9,11-12,17H,1-2,7-8,10,13H2,(H,24,28)(H,25,26). The van der Waals surface area contributed by atoms with E-state index in [1.807, 2.05) is 6.20 Å². The molecule has 2 heterocycles. The molecule has 3 aromatic rings. The third-order valence-corrected chi connectivity index (χ3v) is 6.05. The Balaban J connectivity index is 1.46. The van der Waals surface area contributed by atoms with Gasteiger partial charge in [-0.15, -0.1) is 0 Å². The Morgan fingerprint density at radius 1 is 1.14 bits per heavy atom. The van der Waals surface area contributed by atoms with Crippen molar-refractivity contribution in [2.45, 2.75) is 25.3 Å². The monoisotopic (exact) mass is 416 g/mol. The first kappa shape index (κ1) is 19.2. The molecule has 1 aliphatic heterocycles. The summed E-state index contributed by atoms with van der Waals surface area (Å²) in [6.45, 7) is 2.73. The van der Waals surface area contributed by atoms with Crippen LogP contribution in [0.25, 0.3) is 10.9 Å². The number of H-pyrrole nitrogens is 1. The van der Waals surface area contributed by atoms with Crippen molar-refractivity contribution in [1.82, 2.24) is 20.4 Å². The van der Waals surface area contributed by atoms with E-state index in [1.165, 1.54) is 18.4 Å². The van der Waals surface area contributed by atoms with E-state index in [4.69, 9.17) is 23.2 Å². The first-order valence-electron chi connectivity index (χ1n) is 9.49. The maximum absolute atomic E-state index is 12.6. The summed E-state index contributed by atoms with van der Waals surface area (Å²) in [6, 6.07) is 11.6. The van der Waals surface area contributed by atoms with Crippen molar-refractivity contribution < 1.29 is 4.79 Å². The molecule has 1 aromatic heterocycles. The van der Waals surface area contributed by atoms with Crippen LogP contribution < -0.4 is 5.32 Å². The summed E-state index contributed by atoms with van der Waals surface area (Å²) in [6.07, 6.45) is 5.13. The van der Waals surface area contributed by atoms with Gasteiger partial charge in [-0.1, -0.05) is 29.3 Å². The van der Waals surface area contributed by atoms with Gasteiger partial charge in [-0.3, -0.25) is 14.8 Å². The van der Waals surface area contributed by atoms with Gasteiger partial charge >= 0.3 is 0 Å². The number of benzene rings is 2. The zero-order valence-corrected chi connectivity index (χ0v) is 16.9. The molecule has 7 heteroatoms. The molecular formula is C21H22Cl2N4O. The Hall–Kier alpha value is -2.08. The van der Waals surface area contributed by atoms with Crippen LogP contribution in [-0.4, -0.2) is 46.7 Å². The number of hydrogen-bond donors (Lipinski definition) is 2. The van der Waals surface area contributed by atoms with Gasteiger partial charge in [0.2, 0.25) is 0 Å². The lowest BCUT2D eigenvalue weighted by molar-refractivity contribution is 0.0937. The molecule has 4 rings (SSSR count). The molecule has 0 radical (unpaired) electrons. The topological polar surface area (TPSA) is 61.0 Å². The number of carbonyl (C=O) groups is 1. The average Bonchev–Trinajstić information content (AvgIpc) is 3.38. The van der Waals surface area contributed by atoms with E-state index < -0.39 is 0 Å². The van der Waals surface area contributed by atoms with E-state index in [1.54, 1.807) is 18.2 Å². The van der Waals surface area contributed by atoms with E-state index in [2.05, 4.69) is 38.6 Å². The molecule has 1 amide bonds. The van der Waals surface area contributed by atoms with Crippen molar-refractivity contribution in [3.8, 4) is 0 Å². The SMILES string of the molecule is O=C(NCC(Cc1ccc2[nH]ncc2c1)N1CCCC1)c1ccc(Cl)c(Cl)c1. The van der Waals surface area contributed by atoms with E-state index in [0.29, 0.717) is 22.2 Å². The van der Waals surface area contributed by atoms with E-state index in [-0.39, 0.29) is 11.9 Å². The molecule has 0 aliphatic carbocycles. The number of nitrogens with one attached hydrogen (secondary N) is 2. The van der Waals surface area contributed by atoms with Crippen LogP contribution in [0.3, 0.4) is 0 Å². The molecule has 0 bridgehead atoms. The molecule has 1 aliphatic rings. The van der Waals surface area contributed by atoms with Crippen molar-refractivity contribution in [3.05, 3.63) is 63.8 Å². The summed E-state index contributed by atoms with van der Waals surface area (Å²) >= 11 is 12.0. The molecular weight excluding hydrogens is 395 g/mol. The van der Waals surface area contributed by atoms with Crippen LogP contribution in [0.2, 0.25) is 10.0 Å². The highest BCUT2D eigenvalue weighted by Gasteiger charge is 2.23. The second-order valence-electron chi connectivity index (χ2n) is 7.23. The molecule has 0 spiro atoms. The number of nitrogens with zero attached hydrogens (tertiary/aromatic N) is 2. The molecule has 2 aromatic carbocycles. The normalized spacial score (nSPS) is 15.8. The molecule has 28 heavy (non-hydrogen) atoms. The highest BCUT2D eigenvalue weighted by molar-refractivity contribution is 6.42. The van der Waals surface area contributed by atoms with Crippen molar-refractivity contribution in [2.24, 2.45) is 0 Å². The fourth-order valence-corrected chi connectivity index (χ4v) is 4.08. The second kappa shape index (κ2) is 8.52. The van der Waals surface area contributed by atoms with Gasteiger partial charge in [0.15, 0.2) is 0 Å². The first-order valence-corrected chi connectivity index (χ1v) is 10.2. The molecule has 0 saturated carbocycles. The Morgan fingerprint density at radius 3 is 2.75 bits per heavy atom. The van der Waals surface area contributed by atoms with Crippen LogP contribution >= 0.6 is 23.2 Å². The molecule has 5 nitrogen and oxygen atoms in total. The van der Waals surface area contributed by atoms with E-state index in [9.17, 15) is 4.79 Å². The Bertz CT molecular complexity index is 981. The Morgan fingerprint density at radius 2 is 1.96 bits per heavy atom. The van der Waals surface area contributed by atoms with Crippen LogP contribution in [0, 0.1) is 0 Å². The molecule has 1 fully saturated rings. The molecule has 146 valence electrons. The third-order valence-electron chi connectivity index (χ3n) is 5.31. The molecule has 2 N–H and O–H groups in total. The first-order chi connectivity index (χ1) is 13.6. The van der Waals surface area contributed by atoms with Gasteiger partial charge in [-0.05, 0) is 68.2 Å². The smallest absolute Gasteiger partial charge is 0.251 e. The summed E-state index contributed by atoms with van der Waals surface area (Å²) in [4.78, 5) is 15.0. The minimum absolute atomic E-state index is 0.131. The van der Waals surface area contributed by atoms with E-state index >= 15 is 0 Å². The lowest BCUT2D eigenvalue weighted by atomic mass is 10.0. The zero-order chi connectivity index (χ0) is 19.5. The molecule has 1 saturated heterocycles. The van der Waals surface area contributed by atoms with Gasteiger partial charge < -0.3 is 5.32 Å². The zero-order valence-electron chi connectivity index (χ0n) is 15.4. The van der Waals surface area contributed by atoms with Crippen LogP contribution in [0.4, 0.5) is 0 Å². The average molecular weight is 417 g/mol. The maximum Gasteiger partial charge on any atom is 0.251 e. The number of fused-ring (bicyclic) bond motifs is 1. The summed E-state index contributed by atoms with van der Waals surface area (Å²) in [5, 5.41) is 12.1. The Labute approximate surface area is 174 Å². The quantitative estimate of drug-likeness (QED) is 0.629. The number of hydrogen-bond acceptors (Lipinski definition) is 3. The van der Waals surface area contributed by atoms with Crippen molar-refractivity contribution in [1.29, 1.82) is 0 Å². The third kappa shape index (κ3) is 4.32. The maximum atomic E-state index is 12.6. The fraction of sp³-hybridized carbons (Fsp3) is 0.333. The van der Waals surface area contributed by atoms with Gasteiger partial charge in [0.25, 0.3) is 5.91 Å². The fourth-order valence-electron chi connectivity index (χ4n) is 3.78. The second-order valence-corrected chi connectivity index (χ2v) is 8.05. The number of rotatable bonds is 6. The minimum Gasteiger partial charge on any atom is -0.350 e. The lowest BCUT2D eigenvalue weighted by Gasteiger charge is -2.28. The van der Waals surface area contributed by atoms with E-state index in [0.717, 1.165) is 30.4 Å². The number of aromatic amines is 1. The Kier molecular flexibility index (Phi) is 5.85. The highest BCUT2D eigenvalue weighted by atomic mass is 35.5. The highest BCUT2D eigenvalue weighted by Crippen LogP contribution is 2.23. The number of likely N-dealkylation sites (tertiary alicyclic amines) is 1. The number of carbonyl (C=O) groups excluding carboxylic acids is 1. The minimum atomic E-state index is -0.131. The van der Waals surface area contributed by atoms with Gasteiger partial charge in [0, 0.05) is 23.5 Å².